The molecule has 1 aromatic heterocycles. The maximum absolute atomic E-state index is 13.1. The van der Waals surface area contributed by atoms with Gasteiger partial charge in [0.2, 0.25) is 0 Å². The molecule has 0 aliphatic rings. The van der Waals surface area contributed by atoms with Crippen LogP contribution in [0.5, 0.6) is 0 Å². The summed E-state index contributed by atoms with van der Waals surface area (Å²) >= 11 is 1.58. The molecule has 0 fully saturated rings. The van der Waals surface area contributed by atoms with Crippen molar-refractivity contribution < 1.29 is 13.2 Å². The summed E-state index contributed by atoms with van der Waals surface area (Å²) in [7, 11) is -3.39. The fourth-order valence-corrected chi connectivity index (χ4v) is 4.76. The third kappa shape index (κ3) is 4.99. The highest BCUT2D eigenvalue weighted by molar-refractivity contribution is 7.90. The van der Waals surface area contributed by atoms with Gasteiger partial charge in [-0.2, -0.15) is 0 Å². The average molecular weight is 442 g/mol. The summed E-state index contributed by atoms with van der Waals surface area (Å²) in [6.45, 7) is 6.17. The van der Waals surface area contributed by atoms with Crippen molar-refractivity contribution in [1.29, 1.82) is 0 Å². The summed E-state index contributed by atoms with van der Waals surface area (Å²) in [6, 6.07) is 16.7. The molecule has 2 atom stereocenters. The Balaban J connectivity index is 1.95. The Hall–Kier alpha value is -2.44. The smallest absolute Gasteiger partial charge is 0.252 e. The van der Waals surface area contributed by atoms with Gasteiger partial charge in [-0.15, -0.1) is 11.3 Å². The predicted molar refractivity (Wildman–Crippen MR) is 123 cm³/mol. The first kappa shape index (κ1) is 22.2. The first-order valence-electron chi connectivity index (χ1n) is 9.95. The molecule has 0 saturated heterocycles. The van der Waals surface area contributed by atoms with E-state index in [9.17, 15) is 13.2 Å². The zero-order valence-corrected chi connectivity index (χ0v) is 19.3. The molecule has 2 aromatic carbocycles. The van der Waals surface area contributed by atoms with Gasteiger partial charge >= 0.3 is 0 Å². The van der Waals surface area contributed by atoms with E-state index in [4.69, 9.17) is 0 Å². The minimum absolute atomic E-state index is 0.142. The van der Waals surface area contributed by atoms with Crippen LogP contribution in [0.2, 0.25) is 0 Å². The molecule has 158 valence electrons. The third-order valence-corrected chi connectivity index (χ3v) is 7.48. The Morgan fingerprint density at radius 3 is 2.30 bits per heavy atom. The number of carbonyl (C=O) groups is 1. The molecule has 0 saturated carbocycles. The number of nitrogens with one attached hydrogen (secondary N) is 1. The van der Waals surface area contributed by atoms with Gasteiger partial charge in [0.25, 0.3) is 5.91 Å². The molecule has 0 aliphatic heterocycles. The highest BCUT2D eigenvalue weighted by atomic mass is 32.2. The molecule has 6 heteroatoms. The van der Waals surface area contributed by atoms with Crippen LogP contribution in [-0.2, 0) is 9.84 Å². The number of hydrogen-bond acceptors (Lipinski definition) is 4. The van der Waals surface area contributed by atoms with Crippen LogP contribution >= 0.6 is 11.3 Å². The van der Waals surface area contributed by atoms with E-state index < -0.39 is 9.84 Å². The van der Waals surface area contributed by atoms with Crippen LogP contribution in [0.15, 0.2) is 64.9 Å². The highest BCUT2D eigenvalue weighted by Crippen LogP contribution is 2.29. The van der Waals surface area contributed by atoms with Crippen molar-refractivity contribution in [3.8, 4) is 0 Å². The number of thiophene rings is 1. The van der Waals surface area contributed by atoms with Crippen LogP contribution in [0.4, 0.5) is 0 Å². The molecule has 0 spiro atoms. The number of aryl methyl sites for hydroxylation is 1. The molecule has 0 radical (unpaired) electrons. The molecule has 3 rings (SSSR count). The Morgan fingerprint density at radius 1 is 1.07 bits per heavy atom. The maximum atomic E-state index is 13.1. The predicted octanol–water partition coefficient (Wildman–Crippen LogP) is 5.49. The van der Waals surface area contributed by atoms with Crippen LogP contribution in [0.1, 0.15) is 64.2 Å². The lowest BCUT2D eigenvalue weighted by Gasteiger charge is -2.20. The Morgan fingerprint density at radius 2 is 1.73 bits per heavy atom. The topological polar surface area (TPSA) is 63.2 Å². The van der Waals surface area contributed by atoms with Gasteiger partial charge in [0.1, 0.15) is 0 Å². The second kappa shape index (κ2) is 9.14. The van der Waals surface area contributed by atoms with Gasteiger partial charge in [-0.05, 0) is 59.5 Å². The van der Waals surface area contributed by atoms with Gasteiger partial charge in [0.05, 0.1) is 10.9 Å². The second-order valence-electron chi connectivity index (χ2n) is 7.65. The van der Waals surface area contributed by atoms with Crippen LogP contribution < -0.4 is 5.32 Å². The van der Waals surface area contributed by atoms with Crippen LogP contribution in [0, 0.1) is 6.92 Å². The summed E-state index contributed by atoms with van der Waals surface area (Å²) in [5, 5.41) is 5.09. The van der Waals surface area contributed by atoms with Crippen molar-refractivity contribution in [3.05, 3.63) is 87.1 Å². The molecule has 30 heavy (non-hydrogen) atoms. The standard InChI is InChI=1S/C24H27NO3S2/c1-5-16(2)18-9-11-19(12-10-18)23(22-7-6-14-29-22)25-24(26)21-15-20(30(4,27)28)13-8-17(21)3/h6-16,23H,5H2,1-4H3,(H,25,26). The van der Waals surface area contributed by atoms with E-state index in [2.05, 4.69) is 43.4 Å². The summed E-state index contributed by atoms with van der Waals surface area (Å²) in [5.41, 5.74) is 3.37. The summed E-state index contributed by atoms with van der Waals surface area (Å²) in [6.07, 6.45) is 2.22. The van der Waals surface area contributed by atoms with Crippen molar-refractivity contribution in [2.45, 2.75) is 44.0 Å². The van der Waals surface area contributed by atoms with E-state index in [1.54, 1.807) is 17.4 Å². The lowest BCUT2D eigenvalue weighted by atomic mass is 9.95. The Bertz CT molecular complexity index is 1120. The van der Waals surface area contributed by atoms with Gasteiger partial charge in [-0.25, -0.2) is 8.42 Å². The van der Waals surface area contributed by atoms with Crippen LogP contribution in [-0.4, -0.2) is 20.6 Å². The SMILES string of the molecule is CCC(C)c1ccc(C(NC(=O)c2cc(S(C)(=O)=O)ccc2C)c2cccs2)cc1. The lowest BCUT2D eigenvalue weighted by molar-refractivity contribution is 0.0942. The molecule has 0 bridgehead atoms. The molecular formula is C24H27NO3S2. The average Bonchev–Trinajstić information content (AvgIpc) is 3.25. The van der Waals surface area contributed by atoms with Crippen molar-refractivity contribution in [3.63, 3.8) is 0 Å². The van der Waals surface area contributed by atoms with Crippen molar-refractivity contribution in [1.82, 2.24) is 5.32 Å². The van der Waals surface area contributed by atoms with Crippen LogP contribution in [0.3, 0.4) is 0 Å². The minimum Gasteiger partial charge on any atom is -0.340 e. The monoisotopic (exact) mass is 441 g/mol. The van der Waals surface area contributed by atoms with E-state index in [1.165, 1.54) is 17.7 Å². The number of amides is 1. The van der Waals surface area contributed by atoms with E-state index >= 15 is 0 Å². The second-order valence-corrected chi connectivity index (χ2v) is 10.6. The largest absolute Gasteiger partial charge is 0.340 e. The van der Waals surface area contributed by atoms with E-state index in [0.717, 1.165) is 28.7 Å². The molecule has 0 aliphatic carbocycles. The molecule has 1 N–H and O–H groups in total. The summed E-state index contributed by atoms with van der Waals surface area (Å²) in [5.74, 6) is 0.192. The van der Waals surface area contributed by atoms with Crippen molar-refractivity contribution in [2.75, 3.05) is 6.26 Å². The van der Waals surface area contributed by atoms with Gasteiger partial charge in [0.15, 0.2) is 9.84 Å². The normalized spacial score (nSPS) is 13.6. The Labute approximate surface area is 182 Å². The van der Waals surface area contributed by atoms with Crippen LogP contribution in [0.25, 0.3) is 0 Å². The first-order chi connectivity index (χ1) is 14.2. The van der Waals surface area contributed by atoms with E-state index in [0.29, 0.717) is 11.5 Å². The summed E-state index contributed by atoms with van der Waals surface area (Å²) < 4.78 is 23.9. The quantitative estimate of drug-likeness (QED) is 0.527. The molecule has 2 unspecified atom stereocenters. The van der Waals surface area contributed by atoms with Gasteiger partial charge in [-0.3, -0.25) is 4.79 Å². The fraction of sp³-hybridized carbons (Fsp3) is 0.292. The van der Waals surface area contributed by atoms with Gasteiger partial charge < -0.3 is 5.32 Å². The number of rotatable bonds is 7. The summed E-state index contributed by atoms with van der Waals surface area (Å²) in [4.78, 5) is 14.3. The molecule has 1 heterocycles. The molecule has 3 aromatic rings. The molecule has 1 amide bonds. The van der Waals surface area contributed by atoms with Crippen molar-refractivity contribution >= 4 is 27.1 Å². The number of benzene rings is 2. The zero-order chi connectivity index (χ0) is 21.9. The van der Waals surface area contributed by atoms with E-state index in [-0.39, 0.29) is 16.8 Å². The van der Waals surface area contributed by atoms with Gasteiger partial charge in [-0.1, -0.05) is 50.2 Å². The van der Waals surface area contributed by atoms with E-state index in [1.807, 2.05) is 24.4 Å². The fourth-order valence-electron chi connectivity index (χ4n) is 3.31. The number of sulfone groups is 1. The molecular weight excluding hydrogens is 414 g/mol. The highest BCUT2D eigenvalue weighted by Gasteiger charge is 2.21. The third-order valence-electron chi connectivity index (χ3n) is 5.44. The van der Waals surface area contributed by atoms with Crippen molar-refractivity contribution in [2.24, 2.45) is 0 Å². The minimum atomic E-state index is -3.39. The number of carbonyl (C=O) groups excluding carboxylic acids is 1. The number of hydrogen-bond donors (Lipinski definition) is 1. The molecule has 4 nitrogen and oxygen atoms in total. The maximum Gasteiger partial charge on any atom is 0.252 e. The lowest BCUT2D eigenvalue weighted by Crippen LogP contribution is -2.29. The first-order valence-corrected chi connectivity index (χ1v) is 12.7. The van der Waals surface area contributed by atoms with Gasteiger partial charge in [0, 0.05) is 16.7 Å². The Kier molecular flexibility index (Phi) is 6.78. The zero-order valence-electron chi connectivity index (χ0n) is 17.7.